The van der Waals surface area contributed by atoms with Crippen molar-refractivity contribution in [1.82, 2.24) is 0 Å². The number of hydrogen-bond donors (Lipinski definition) is 1. The largest absolute Gasteiger partial charge is 0.493 e. The molecule has 6 heteroatoms. The molecule has 29 heavy (non-hydrogen) atoms. The van der Waals surface area contributed by atoms with Gasteiger partial charge in [0, 0.05) is 0 Å². The summed E-state index contributed by atoms with van der Waals surface area (Å²) >= 11 is 0. The third kappa shape index (κ3) is 4.74. The topological polar surface area (TPSA) is 46.5 Å². The first-order valence-corrected chi connectivity index (χ1v) is 9.66. The number of aliphatic carboxylic acids is 1. The van der Waals surface area contributed by atoms with Crippen molar-refractivity contribution in [3.05, 3.63) is 53.1 Å². The average molecular weight is 406 g/mol. The summed E-state index contributed by atoms with van der Waals surface area (Å²) in [6.45, 7) is 6.10. The Morgan fingerprint density at radius 2 is 1.90 bits per heavy atom. The Labute approximate surface area is 168 Å². The molecule has 1 N–H and O–H groups in total. The lowest BCUT2D eigenvalue weighted by molar-refractivity contribution is -0.142. The molecule has 2 aromatic carbocycles. The maximum atomic E-state index is 13.9. The SMILES string of the molecule is CC(C)(C)CC(C(=O)O)c1c(-c2ccc3c(c2)CCCO3)cccc1C(F)(F)F. The van der Waals surface area contributed by atoms with Crippen LogP contribution in [-0.2, 0) is 17.4 Å². The van der Waals surface area contributed by atoms with Gasteiger partial charge in [-0.2, -0.15) is 13.2 Å². The van der Waals surface area contributed by atoms with Gasteiger partial charge in [0.1, 0.15) is 5.75 Å². The van der Waals surface area contributed by atoms with Crippen LogP contribution in [0.3, 0.4) is 0 Å². The summed E-state index contributed by atoms with van der Waals surface area (Å²) in [5.74, 6) is -1.78. The second-order valence-electron chi connectivity index (χ2n) is 8.69. The van der Waals surface area contributed by atoms with Crippen LogP contribution in [0.4, 0.5) is 13.2 Å². The Kier molecular flexibility index (Phi) is 5.65. The summed E-state index contributed by atoms with van der Waals surface area (Å²) in [6.07, 6.45) is -2.93. The van der Waals surface area contributed by atoms with Crippen molar-refractivity contribution < 1.29 is 27.8 Å². The lowest BCUT2D eigenvalue weighted by atomic mass is 9.77. The molecule has 0 aromatic heterocycles. The predicted molar refractivity (Wildman–Crippen MR) is 105 cm³/mol. The molecule has 0 aliphatic carbocycles. The van der Waals surface area contributed by atoms with Gasteiger partial charge < -0.3 is 9.84 Å². The molecule has 0 radical (unpaired) electrons. The predicted octanol–water partition coefficient (Wildman–Crippen LogP) is 6.30. The van der Waals surface area contributed by atoms with E-state index in [2.05, 4.69) is 0 Å². The minimum Gasteiger partial charge on any atom is -0.493 e. The van der Waals surface area contributed by atoms with Crippen molar-refractivity contribution in [3.63, 3.8) is 0 Å². The number of hydrogen-bond acceptors (Lipinski definition) is 2. The van der Waals surface area contributed by atoms with Crippen molar-refractivity contribution in [1.29, 1.82) is 0 Å². The smallest absolute Gasteiger partial charge is 0.416 e. The van der Waals surface area contributed by atoms with Gasteiger partial charge in [-0.1, -0.05) is 39.0 Å². The van der Waals surface area contributed by atoms with E-state index < -0.39 is 29.0 Å². The zero-order valence-corrected chi connectivity index (χ0v) is 16.8. The lowest BCUT2D eigenvalue weighted by Crippen LogP contribution is -2.23. The molecule has 1 aliphatic heterocycles. The fourth-order valence-corrected chi connectivity index (χ4v) is 3.89. The van der Waals surface area contributed by atoms with E-state index in [1.165, 1.54) is 6.07 Å². The first-order valence-electron chi connectivity index (χ1n) is 9.66. The molecule has 0 spiro atoms. The molecule has 3 rings (SSSR count). The minimum absolute atomic E-state index is 0.0937. The van der Waals surface area contributed by atoms with Crippen molar-refractivity contribution >= 4 is 5.97 Å². The summed E-state index contributed by atoms with van der Waals surface area (Å²) in [7, 11) is 0. The highest BCUT2D eigenvalue weighted by molar-refractivity contribution is 5.83. The number of carboxylic acid groups (broad SMARTS) is 1. The van der Waals surface area contributed by atoms with E-state index in [0.717, 1.165) is 30.2 Å². The Balaban J connectivity index is 2.23. The van der Waals surface area contributed by atoms with E-state index in [1.807, 2.05) is 26.8 Å². The molecule has 1 aliphatic rings. The molecule has 0 saturated carbocycles. The summed E-state index contributed by atoms with van der Waals surface area (Å²) in [5.41, 5.74) is 0.308. The zero-order valence-electron chi connectivity index (χ0n) is 16.8. The molecule has 1 unspecified atom stereocenters. The molecule has 2 aromatic rings. The summed E-state index contributed by atoms with van der Waals surface area (Å²) in [5, 5.41) is 9.86. The maximum absolute atomic E-state index is 13.9. The third-order valence-corrected chi connectivity index (χ3v) is 5.09. The Morgan fingerprint density at radius 1 is 1.17 bits per heavy atom. The fraction of sp³-hybridized carbons (Fsp3) is 0.435. The molecule has 156 valence electrons. The van der Waals surface area contributed by atoms with Crippen LogP contribution in [0.15, 0.2) is 36.4 Å². The Bertz CT molecular complexity index is 911. The Morgan fingerprint density at radius 3 is 2.52 bits per heavy atom. The van der Waals surface area contributed by atoms with Gasteiger partial charge in [-0.25, -0.2) is 0 Å². The molecule has 3 nitrogen and oxygen atoms in total. The van der Waals surface area contributed by atoms with Gasteiger partial charge >= 0.3 is 12.1 Å². The lowest BCUT2D eigenvalue weighted by Gasteiger charge is -2.28. The standard InChI is InChI=1S/C23H25F3O3/c1-22(2,3)13-17(21(27)28)20-16(7-4-8-18(20)23(24,25)26)14-9-10-19-15(12-14)6-5-11-29-19/h4,7-10,12,17H,5-6,11,13H2,1-3H3,(H,27,28). The first kappa shape index (κ1) is 21.2. The number of rotatable bonds is 4. The molecular weight excluding hydrogens is 381 g/mol. The number of carboxylic acids is 1. The van der Waals surface area contributed by atoms with Crippen molar-refractivity contribution in [2.75, 3.05) is 6.61 Å². The average Bonchev–Trinajstić information content (AvgIpc) is 2.63. The van der Waals surface area contributed by atoms with E-state index in [0.29, 0.717) is 17.7 Å². The van der Waals surface area contributed by atoms with Gasteiger partial charge in [0.05, 0.1) is 18.1 Å². The quantitative estimate of drug-likeness (QED) is 0.648. The van der Waals surface area contributed by atoms with Gasteiger partial charge in [-0.05, 0) is 65.1 Å². The van der Waals surface area contributed by atoms with Crippen LogP contribution in [0.5, 0.6) is 5.75 Å². The Hall–Kier alpha value is -2.50. The maximum Gasteiger partial charge on any atom is 0.416 e. The van der Waals surface area contributed by atoms with Gasteiger partial charge in [-0.3, -0.25) is 4.79 Å². The van der Waals surface area contributed by atoms with Crippen LogP contribution in [0.2, 0.25) is 0 Å². The van der Waals surface area contributed by atoms with Gasteiger partial charge in [0.15, 0.2) is 0 Å². The van der Waals surface area contributed by atoms with E-state index in [1.54, 1.807) is 18.2 Å². The monoisotopic (exact) mass is 406 g/mol. The summed E-state index contributed by atoms with van der Waals surface area (Å²) < 4.78 is 47.2. The normalized spacial score (nSPS) is 15.4. The molecule has 0 saturated heterocycles. The number of aryl methyl sites for hydroxylation is 1. The van der Waals surface area contributed by atoms with Crippen LogP contribution < -0.4 is 4.74 Å². The number of carbonyl (C=O) groups is 1. The number of alkyl halides is 3. The van der Waals surface area contributed by atoms with Gasteiger partial charge in [-0.15, -0.1) is 0 Å². The molecule has 0 fully saturated rings. The van der Waals surface area contributed by atoms with Crippen molar-refractivity contribution in [2.24, 2.45) is 5.41 Å². The summed E-state index contributed by atoms with van der Waals surface area (Å²) in [6, 6.07) is 9.18. The number of fused-ring (bicyclic) bond motifs is 1. The molecule has 1 atom stereocenters. The van der Waals surface area contributed by atoms with Crippen LogP contribution in [0, 0.1) is 5.41 Å². The minimum atomic E-state index is -4.64. The molecule has 1 heterocycles. The molecule has 0 amide bonds. The van der Waals surface area contributed by atoms with Crippen molar-refractivity contribution in [3.8, 4) is 16.9 Å². The van der Waals surface area contributed by atoms with Crippen LogP contribution in [0.1, 0.15) is 56.2 Å². The van der Waals surface area contributed by atoms with E-state index in [4.69, 9.17) is 4.74 Å². The van der Waals surface area contributed by atoms with Crippen LogP contribution >= 0.6 is 0 Å². The molecular formula is C23H25F3O3. The second-order valence-corrected chi connectivity index (χ2v) is 8.69. The van der Waals surface area contributed by atoms with E-state index in [-0.39, 0.29) is 12.0 Å². The number of ether oxygens (including phenoxy) is 1. The van der Waals surface area contributed by atoms with Crippen LogP contribution in [-0.4, -0.2) is 17.7 Å². The number of benzene rings is 2. The highest BCUT2D eigenvalue weighted by atomic mass is 19.4. The number of halogens is 3. The van der Waals surface area contributed by atoms with Crippen LogP contribution in [0.25, 0.3) is 11.1 Å². The zero-order chi connectivity index (χ0) is 21.4. The highest BCUT2D eigenvalue weighted by Crippen LogP contribution is 2.44. The summed E-state index contributed by atoms with van der Waals surface area (Å²) in [4.78, 5) is 12.1. The third-order valence-electron chi connectivity index (χ3n) is 5.09. The first-order chi connectivity index (χ1) is 13.5. The van der Waals surface area contributed by atoms with Gasteiger partial charge in [0.25, 0.3) is 0 Å². The van der Waals surface area contributed by atoms with Gasteiger partial charge in [0.2, 0.25) is 0 Å². The van der Waals surface area contributed by atoms with E-state index >= 15 is 0 Å². The fourth-order valence-electron chi connectivity index (χ4n) is 3.89. The second kappa shape index (κ2) is 7.73. The molecule has 0 bridgehead atoms. The van der Waals surface area contributed by atoms with E-state index in [9.17, 15) is 23.1 Å². The van der Waals surface area contributed by atoms with Crippen molar-refractivity contribution in [2.45, 2.75) is 52.1 Å². The highest BCUT2D eigenvalue weighted by Gasteiger charge is 2.39.